The predicted octanol–water partition coefficient (Wildman–Crippen LogP) is 1.30. The van der Waals surface area contributed by atoms with E-state index in [1.807, 2.05) is 0 Å². The van der Waals surface area contributed by atoms with E-state index in [1.165, 1.54) is 14.0 Å². The molecule has 0 aliphatic rings. The van der Waals surface area contributed by atoms with Crippen LogP contribution in [0.3, 0.4) is 0 Å². The fourth-order valence-corrected chi connectivity index (χ4v) is 2.00. The lowest BCUT2D eigenvalue weighted by atomic mass is 10.0. The van der Waals surface area contributed by atoms with Gasteiger partial charge in [-0.2, -0.15) is 0 Å². The topological polar surface area (TPSA) is 76.7 Å². The Bertz CT molecular complexity index is 555. The van der Waals surface area contributed by atoms with E-state index in [1.54, 1.807) is 25.3 Å². The van der Waals surface area contributed by atoms with Gasteiger partial charge in [-0.15, -0.1) is 6.58 Å². The van der Waals surface area contributed by atoms with E-state index in [2.05, 4.69) is 17.2 Å². The minimum Gasteiger partial charge on any atom is -0.493 e. The van der Waals surface area contributed by atoms with Gasteiger partial charge in [-0.1, -0.05) is 6.08 Å². The zero-order valence-corrected chi connectivity index (χ0v) is 13.2. The minimum absolute atomic E-state index is 0.131. The number of methoxy groups -OCH3 is 2. The van der Waals surface area contributed by atoms with Crippen molar-refractivity contribution in [2.45, 2.75) is 13.3 Å². The lowest BCUT2D eigenvalue weighted by molar-refractivity contribution is -0.118. The van der Waals surface area contributed by atoms with Crippen molar-refractivity contribution in [2.75, 3.05) is 27.3 Å². The number of hydrogen-bond acceptors (Lipinski definition) is 4. The maximum atomic E-state index is 12.2. The Morgan fingerprint density at radius 1 is 1.18 bits per heavy atom. The van der Waals surface area contributed by atoms with E-state index in [-0.39, 0.29) is 11.8 Å². The third-order valence-electron chi connectivity index (χ3n) is 2.97. The third kappa shape index (κ3) is 4.80. The first-order chi connectivity index (χ1) is 10.5. The molecule has 0 unspecified atom stereocenters. The standard InChI is InChI=1S/C16H22N2O4/c1-5-6-12-9-13(10-14(21-3)15(12)22-4)16(20)18-8-7-17-11(2)19/h5,9-10H,1,6-8H2,2-4H3,(H,17,19)(H,18,20). The van der Waals surface area contributed by atoms with E-state index in [4.69, 9.17) is 9.47 Å². The van der Waals surface area contributed by atoms with Crippen molar-refractivity contribution in [3.63, 3.8) is 0 Å². The summed E-state index contributed by atoms with van der Waals surface area (Å²) in [6, 6.07) is 3.37. The zero-order chi connectivity index (χ0) is 16.5. The lowest BCUT2D eigenvalue weighted by Crippen LogP contribution is -2.33. The molecule has 1 rings (SSSR count). The van der Waals surface area contributed by atoms with Gasteiger partial charge in [0.25, 0.3) is 5.91 Å². The number of amides is 2. The zero-order valence-electron chi connectivity index (χ0n) is 13.2. The van der Waals surface area contributed by atoms with Crippen LogP contribution in [0.1, 0.15) is 22.8 Å². The second-order valence-electron chi connectivity index (χ2n) is 4.60. The molecule has 2 N–H and O–H groups in total. The Morgan fingerprint density at radius 2 is 1.86 bits per heavy atom. The molecule has 0 aliphatic carbocycles. The summed E-state index contributed by atoms with van der Waals surface area (Å²) < 4.78 is 10.6. The van der Waals surface area contributed by atoms with Crippen molar-refractivity contribution < 1.29 is 19.1 Å². The van der Waals surface area contributed by atoms with Crippen LogP contribution in [0.2, 0.25) is 0 Å². The second kappa shape index (κ2) is 8.71. The number of allylic oxidation sites excluding steroid dienone is 1. The highest BCUT2D eigenvalue weighted by molar-refractivity contribution is 5.95. The van der Waals surface area contributed by atoms with Crippen LogP contribution in [0, 0.1) is 0 Å². The number of carbonyl (C=O) groups is 2. The lowest BCUT2D eigenvalue weighted by Gasteiger charge is -2.14. The molecule has 1 aromatic rings. The summed E-state index contributed by atoms with van der Waals surface area (Å²) in [7, 11) is 3.08. The molecule has 2 amide bonds. The molecule has 6 heteroatoms. The summed E-state index contributed by atoms with van der Waals surface area (Å²) in [5.41, 5.74) is 1.29. The van der Waals surface area contributed by atoms with Gasteiger partial charge in [0.15, 0.2) is 11.5 Å². The van der Waals surface area contributed by atoms with E-state index >= 15 is 0 Å². The maximum absolute atomic E-state index is 12.2. The SMILES string of the molecule is C=CCc1cc(C(=O)NCCNC(C)=O)cc(OC)c1OC. The monoisotopic (exact) mass is 306 g/mol. The van der Waals surface area contributed by atoms with E-state index in [9.17, 15) is 9.59 Å². The molecule has 1 aromatic carbocycles. The average Bonchev–Trinajstić information content (AvgIpc) is 2.50. The Kier molecular flexibility index (Phi) is 6.95. The highest BCUT2D eigenvalue weighted by atomic mass is 16.5. The molecule has 0 fully saturated rings. The quantitative estimate of drug-likeness (QED) is 0.560. The summed E-state index contributed by atoms with van der Waals surface area (Å²) in [6.07, 6.45) is 2.29. The van der Waals surface area contributed by atoms with Gasteiger partial charge in [0, 0.05) is 31.1 Å². The van der Waals surface area contributed by atoms with Crippen LogP contribution in [0.4, 0.5) is 0 Å². The molecule has 0 heterocycles. The molecular weight excluding hydrogens is 284 g/mol. The number of rotatable bonds is 8. The summed E-state index contributed by atoms with van der Waals surface area (Å²) in [4.78, 5) is 22.9. The summed E-state index contributed by atoms with van der Waals surface area (Å²) in [5, 5.41) is 5.35. The summed E-state index contributed by atoms with van der Waals surface area (Å²) >= 11 is 0. The van der Waals surface area contributed by atoms with Crippen molar-refractivity contribution in [2.24, 2.45) is 0 Å². The Hall–Kier alpha value is -2.50. The van der Waals surface area contributed by atoms with Crippen LogP contribution in [0.15, 0.2) is 24.8 Å². The van der Waals surface area contributed by atoms with Gasteiger partial charge in [0.2, 0.25) is 5.91 Å². The van der Waals surface area contributed by atoms with Gasteiger partial charge in [0.05, 0.1) is 14.2 Å². The van der Waals surface area contributed by atoms with Crippen molar-refractivity contribution in [3.8, 4) is 11.5 Å². The van der Waals surface area contributed by atoms with Crippen molar-refractivity contribution in [1.82, 2.24) is 10.6 Å². The van der Waals surface area contributed by atoms with Crippen LogP contribution in [-0.4, -0.2) is 39.1 Å². The Balaban J connectivity index is 2.89. The van der Waals surface area contributed by atoms with Crippen LogP contribution in [0.5, 0.6) is 11.5 Å². The second-order valence-corrected chi connectivity index (χ2v) is 4.60. The van der Waals surface area contributed by atoms with E-state index < -0.39 is 0 Å². The van der Waals surface area contributed by atoms with Crippen LogP contribution in [0.25, 0.3) is 0 Å². The van der Waals surface area contributed by atoms with E-state index in [0.29, 0.717) is 36.6 Å². The summed E-state index contributed by atoms with van der Waals surface area (Å²) in [6.45, 7) is 5.86. The van der Waals surface area contributed by atoms with Crippen LogP contribution < -0.4 is 20.1 Å². The predicted molar refractivity (Wildman–Crippen MR) is 84.5 cm³/mol. The molecule has 0 aliphatic heterocycles. The molecule has 0 spiro atoms. The van der Waals surface area contributed by atoms with Crippen molar-refractivity contribution >= 4 is 11.8 Å². The van der Waals surface area contributed by atoms with Crippen LogP contribution >= 0.6 is 0 Å². The molecule has 0 atom stereocenters. The Labute approximate surface area is 130 Å². The number of hydrogen-bond donors (Lipinski definition) is 2. The first-order valence-corrected chi connectivity index (χ1v) is 6.91. The highest BCUT2D eigenvalue weighted by Gasteiger charge is 2.15. The van der Waals surface area contributed by atoms with Gasteiger partial charge in [-0.05, 0) is 18.6 Å². The normalized spacial score (nSPS) is 9.77. The van der Waals surface area contributed by atoms with Crippen molar-refractivity contribution in [1.29, 1.82) is 0 Å². The first-order valence-electron chi connectivity index (χ1n) is 6.91. The molecule has 0 radical (unpaired) electrons. The summed E-state index contributed by atoms with van der Waals surface area (Å²) in [5.74, 6) is 0.719. The third-order valence-corrected chi connectivity index (χ3v) is 2.97. The fraction of sp³-hybridized carbons (Fsp3) is 0.375. The highest BCUT2D eigenvalue weighted by Crippen LogP contribution is 2.33. The van der Waals surface area contributed by atoms with Gasteiger partial charge in [-0.3, -0.25) is 9.59 Å². The fourth-order valence-electron chi connectivity index (χ4n) is 2.00. The van der Waals surface area contributed by atoms with Gasteiger partial charge in [0.1, 0.15) is 0 Å². The largest absolute Gasteiger partial charge is 0.493 e. The van der Waals surface area contributed by atoms with Crippen LogP contribution in [-0.2, 0) is 11.2 Å². The van der Waals surface area contributed by atoms with Gasteiger partial charge < -0.3 is 20.1 Å². The first kappa shape index (κ1) is 17.6. The maximum Gasteiger partial charge on any atom is 0.251 e. The van der Waals surface area contributed by atoms with E-state index in [0.717, 1.165) is 5.56 Å². The molecule has 0 saturated carbocycles. The number of benzene rings is 1. The molecule has 22 heavy (non-hydrogen) atoms. The number of carbonyl (C=O) groups excluding carboxylic acids is 2. The van der Waals surface area contributed by atoms with Crippen molar-refractivity contribution in [3.05, 3.63) is 35.9 Å². The van der Waals surface area contributed by atoms with Gasteiger partial charge >= 0.3 is 0 Å². The average molecular weight is 306 g/mol. The number of nitrogens with one attached hydrogen (secondary N) is 2. The molecule has 0 saturated heterocycles. The molecule has 0 aromatic heterocycles. The molecular formula is C16H22N2O4. The number of ether oxygens (including phenoxy) is 2. The van der Waals surface area contributed by atoms with Gasteiger partial charge in [-0.25, -0.2) is 0 Å². The smallest absolute Gasteiger partial charge is 0.251 e. The minimum atomic E-state index is -0.239. The molecule has 120 valence electrons. The molecule has 0 bridgehead atoms. The molecule has 6 nitrogen and oxygen atoms in total. The Morgan fingerprint density at radius 3 is 2.41 bits per heavy atom.